The third kappa shape index (κ3) is 1.60. The Labute approximate surface area is 100 Å². The maximum Gasteiger partial charge on any atom is 0.0706 e. The highest BCUT2D eigenvalue weighted by Gasteiger charge is 2.10. The second-order valence-corrected chi connectivity index (χ2v) is 4.92. The van der Waals surface area contributed by atoms with Crippen LogP contribution in [0.25, 0.3) is 10.1 Å². The van der Waals surface area contributed by atoms with Gasteiger partial charge in [-0.25, -0.2) is 0 Å². The second-order valence-electron chi connectivity index (χ2n) is 2.99. The van der Waals surface area contributed by atoms with E-state index in [1.54, 1.807) is 11.3 Å². The number of aliphatic hydroxyl groups excluding tert-OH is 1. The monoisotopic (exact) mass is 288 g/mol. The number of benzene rings is 1. The fourth-order valence-electron chi connectivity index (χ4n) is 1.48. The molecule has 0 unspecified atom stereocenters. The Morgan fingerprint density at radius 2 is 2.29 bits per heavy atom. The summed E-state index contributed by atoms with van der Waals surface area (Å²) in [7, 11) is 0. The zero-order valence-corrected chi connectivity index (χ0v) is 10.6. The van der Waals surface area contributed by atoms with Crippen LogP contribution in [0.3, 0.4) is 0 Å². The van der Waals surface area contributed by atoms with E-state index in [0.717, 1.165) is 26.1 Å². The van der Waals surface area contributed by atoms with Gasteiger partial charge in [0, 0.05) is 20.5 Å². The number of hydrogen-bond acceptors (Lipinski definition) is 3. The summed E-state index contributed by atoms with van der Waals surface area (Å²) in [6, 6.07) is 4.18. The van der Waals surface area contributed by atoms with Crippen molar-refractivity contribution in [3.63, 3.8) is 0 Å². The van der Waals surface area contributed by atoms with Crippen molar-refractivity contribution in [1.29, 1.82) is 0 Å². The molecule has 1 aromatic carbocycles. The van der Waals surface area contributed by atoms with Crippen LogP contribution in [0.2, 0.25) is 0 Å². The highest BCUT2D eigenvalue weighted by Crippen LogP contribution is 2.33. The van der Waals surface area contributed by atoms with Gasteiger partial charge in [0.15, 0.2) is 0 Å². The third-order valence-corrected chi connectivity index (χ3v) is 4.34. The summed E-state index contributed by atoms with van der Waals surface area (Å²) in [5.74, 6) is 0. The molecule has 0 spiro atoms. The topological polar surface area (TPSA) is 20.2 Å². The zero-order valence-electron chi connectivity index (χ0n) is 7.33. The number of thiol groups is 1. The second kappa shape index (κ2) is 4.23. The Morgan fingerprint density at radius 3 is 2.93 bits per heavy atom. The maximum atomic E-state index is 9.30. The average Bonchev–Trinajstić information content (AvgIpc) is 2.64. The van der Waals surface area contributed by atoms with Crippen molar-refractivity contribution in [1.82, 2.24) is 0 Å². The Hall–Kier alpha value is -0.0300. The van der Waals surface area contributed by atoms with E-state index in [1.165, 1.54) is 5.39 Å². The molecule has 0 saturated heterocycles. The van der Waals surface area contributed by atoms with Crippen molar-refractivity contribution in [2.75, 3.05) is 0 Å². The van der Waals surface area contributed by atoms with Crippen LogP contribution in [-0.2, 0) is 11.9 Å². The minimum absolute atomic E-state index is 0.0523. The zero-order chi connectivity index (χ0) is 10.1. The van der Waals surface area contributed by atoms with Crippen LogP contribution >= 0.6 is 39.9 Å². The fraction of sp³-hybridized carbons (Fsp3) is 0.200. The standard InChI is InChI=1S/C10H9BrOS2/c11-4-7-3-6-1-2-14-10(6)8(5-12)9(7)13/h1-3,12-13H,4-5H2. The smallest absolute Gasteiger partial charge is 0.0706 e. The molecule has 0 radical (unpaired) electrons. The molecule has 2 aromatic rings. The molecule has 1 N–H and O–H groups in total. The molecule has 1 aromatic heterocycles. The van der Waals surface area contributed by atoms with Gasteiger partial charge in [0.1, 0.15) is 0 Å². The van der Waals surface area contributed by atoms with Crippen LogP contribution in [0.1, 0.15) is 11.1 Å². The van der Waals surface area contributed by atoms with E-state index < -0.39 is 0 Å². The van der Waals surface area contributed by atoms with Crippen molar-refractivity contribution < 1.29 is 5.11 Å². The van der Waals surface area contributed by atoms with Gasteiger partial charge in [-0.1, -0.05) is 15.9 Å². The van der Waals surface area contributed by atoms with Crippen molar-refractivity contribution in [3.05, 3.63) is 28.6 Å². The van der Waals surface area contributed by atoms with Crippen molar-refractivity contribution in [2.24, 2.45) is 0 Å². The number of rotatable bonds is 2. The van der Waals surface area contributed by atoms with Gasteiger partial charge >= 0.3 is 0 Å². The Balaban J connectivity index is 2.80. The van der Waals surface area contributed by atoms with Crippen molar-refractivity contribution in [3.8, 4) is 0 Å². The SMILES string of the molecule is OCc1c(S)c(CBr)cc2ccsc12. The van der Waals surface area contributed by atoms with Crippen LogP contribution < -0.4 is 0 Å². The molecule has 0 atom stereocenters. The molecule has 0 saturated carbocycles. The molecule has 1 nitrogen and oxygen atoms in total. The molecule has 0 fully saturated rings. The van der Waals surface area contributed by atoms with Crippen LogP contribution in [0.4, 0.5) is 0 Å². The number of hydrogen-bond donors (Lipinski definition) is 2. The lowest BCUT2D eigenvalue weighted by Gasteiger charge is -2.08. The summed E-state index contributed by atoms with van der Waals surface area (Å²) < 4.78 is 1.14. The van der Waals surface area contributed by atoms with E-state index in [9.17, 15) is 5.11 Å². The molecule has 0 aliphatic carbocycles. The number of aliphatic hydroxyl groups is 1. The van der Waals surface area contributed by atoms with Gasteiger partial charge in [-0.05, 0) is 28.5 Å². The van der Waals surface area contributed by atoms with E-state index in [2.05, 4.69) is 40.7 Å². The number of fused-ring (bicyclic) bond motifs is 1. The lowest BCUT2D eigenvalue weighted by atomic mass is 10.1. The van der Waals surface area contributed by atoms with Gasteiger partial charge in [0.05, 0.1) is 6.61 Å². The largest absolute Gasteiger partial charge is 0.392 e. The summed E-state index contributed by atoms with van der Waals surface area (Å²) in [6.07, 6.45) is 0. The number of alkyl halides is 1. The van der Waals surface area contributed by atoms with Gasteiger partial charge in [0.2, 0.25) is 0 Å². The summed E-state index contributed by atoms with van der Waals surface area (Å²) in [5.41, 5.74) is 2.07. The predicted octanol–water partition coefficient (Wildman–Crippen LogP) is 3.58. The Morgan fingerprint density at radius 1 is 1.50 bits per heavy atom. The van der Waals surface area contributed by atoms with Crippen LogP contribution in [0.15, 0.2) is 22.4 Å². The minimum Gasteiger partial charge on any atom is -0.392 e. The molecular formula is C10H9BrOS2. The first-order valence-electron chi connectivity index (χ1n) is 4.15. The molecular weight excluding hydrogens is 280 g/mol. The average molecular weight is 289 g/mol. The molecule has 4 heteroatoms. The van der Waals surface area contributed by atoms with E-state index in [-0.39, 0.29) is 6.61 Å². The molecule has 1 heterocycles. The molecule has 2 rings (SSSR count). The highest BCUT2D eigenvalue weighted by molar-refractivity contribution is 9.08. The van der Waals surface area contributed by atoms with Crippen molar-refractivity contribution in [2.45, 2.75) is 16.8 Å². The number of halogens is 1. The Kier molecular flexibility index (Phi) is 3.17. The lowest BCUT2D eigenvalue weighted by Crippen LogP contribution is -1.91. The fourth-order valence-corrected chi connectivity index (χ4v) is 3.47. The van der Waals surface area contributed by atoms with E-state index >= 15 is 0 Å². The molecule has 0 aliphatic heterocycles. The quantitative estimate of drug-likeness (QED) is 0.639. The molecule has 14 heavy (non-hydrogen) atoms. The minimum atomic E-state index is 0.0523. The first-order valence-corrected chi connectivity index (χ1v) is 6.60. The summed E-state index contributed by atoms with van der Waals surface area (Å²) >= 11 is 9.51. The van der Waals surface area contributed by atoms with Crippen LogP contribution in [0, 0.1) is 0 Å². The first kappa shape index (κ1) is 10.5. The van der Waals surface area contributed by atoms with Gasteiger partial charge in [0.25, 0.3) is 0 Å². The maximum absolute atomic E-state index is 9.30. The third-order valence-electron chi connectivity index (χ3n) is 2.19. The number of thiophene rings is 1. The van der Waals surface area contributed by atoms with Crippen molar-refractivity contribution >= 4 is 50.0 Å². The van der Waals surface area contributed by atoms with E-state index in [1.807, 2.05) is 5.38 Å². The lowest BCUT2D eigenvalue weighted by molar-refractivity contribution is 0.280. The van der Waals surface area contributed by atoms with E-state index in [0.29, 0.717) is 0 Å². The highest BCUT2D eigenvalue weighted by atomic mass is 79.9. The molecule has 0 aliphatic rings. The van der Waals surface area contributed by atoms with Gasteiger partial charge in [-0.15, -0.1) is 24.0 Å². The molecule has 74 valence electrons. The first-order chi connectivity index (χ1) is 6.77. The van der Waals surface area contributed by atoms with Gasteiger partial charge < -0.3 is 5.11 Å². The molecule has 0 bridgehead atoms. The predicted molar refractivity (Wildman–Crippen MR) is 67.6 cm³/mol. The summed E-state index contributed by atoms with van der Waals surface area (Å²) in [4.78, 5) is 0.902. The Bertz CT molecular complexity index is 464. The summed E-state index contributed by atoms with van der Waals surface area (Å²) in [5, 5.41) is 13.3. The van der Waals surface area contributed by atoms with Gasteiger partial charge in [-0.2, -0.15) is 0 Å². The summed E-state index contributed by atoms with van der Waals surface area (Å²) in [6.45, 7) is 0.0523. The normalized spacial score (nSPS) is 11.1. The van der Waals surface area contributed by atoms with Crippen LogP contribution in [-0.4, -0.2) is 5.11 Å². The van der Waals surface area contributed by atoms with Gasteiger partial charge in [-0.3, -0.25) is 0 Å². The van der Waals surface area contributed by atoms with Crippen LogP contribution in [0.5, 0.6) is 0 Å². The van der Waals surface area contributed by atoms with E-state index in [4.69, 9.17) is 0 Å². The molecule has 0 amide bonds.